The van der Waals surface area contributed by atoms with Crippen LogP contribution in [0.5, 0.6) is 0 Å². The monoisotopic (exact) mass is 311 g/mol. The summed E-state index contributed by atoms with van der Waals surface area (Å²) in [7, 11) is 0. The van der Waals surface area contributed by atoms with Crippen LogP contribution in [0.3, 0.4) is 0 Å². The second kappa shape index (κ2) is 5.76. The summed E-state index contributed by atoms with van der Waals surface area (Å²) in [6.45, 7) is 4.44. The van der Waals surface area contributed by atoms with E-state index < -0.39 is 5.97 Å². The molecule has 5 nitrogen and oxygen atoms in total. The highest BCUT2D eigenvalue weighted by Gasteiger charge is 2.11. The van der Waals surface area contributed by atoms with Gasteiger partial charge in [-0.2, -0.15) is 0 Å². The van der Waals surface area contributed by atoms with Crippen molar-refractivity contribution in [3.05, 3.63) is 69.9 Å². The van der Waals surface area contributed by atoms with Crippen molar-refractivity contribution in [1.29, 1.82) is 0 Å². The number of carboxylic acids is 1. The molecule has 0 unspecified atom stereocenters. The fourth-order valence-corrected chi connectivity index (χ4v) is 2.58. The second-order valence-electron chi connectivity index (χ2n) is 5.80. The van der Waals surface area contributed by atoms with Crippen molar-refractivity contribution < 1.29 is 14.3 Å². The summed E-state index contributed by atoms with van der Waals surface area (Å²) in [5.41, 5.74) is 1.85. The molecule has 23 heavy (non-hydrogen) atoms. The first-order valence-corrected chi connectivity index (χ1v) is 7.41. The zero-order valence-corrected chi connectivity index (χ0v) is 12.9. The van der Waals surface area contributed by atoms with E-state index in [1.54, 1.807) is 10.6 Å². The Labute approximate surface area is 132 Å². The van der Waals surface area contributed by atoms with Gasteiger partial charge in [0.1, 0.15) is 5.76 Å². The van der Waals surface area contributed by atoms with E-state index in [0.29, 0.717) is 11.7 Å². The van der Waals surface area contributed by atoms with Gasteiger partial charge in [0.15, 0.2) is 0 Å². The first-order chi connectivity index (χ1) is 11.0. The van der Waals surface area contributed by atoms with Crippen LogP contribution in [-0.4, -0.2) is 15.6 Å². The number of fused-ring (bicyclic) bond motifs is 1. The Balaban J connectivity index is 2.06. The zero-order chi connectivity index (χ0) is 16.6. The Morgan fingerprint density at radius 1 is 1.17 bits per heavy atom. The van der Waals surface area contributed by atoms with E-state index in [1.165, 1.54) is 17.7 Å². The normalized spacial score (nSPS) is 11.3. The molecule has 5 heteroatoms. The van der Waals surface area contributed by atoms with Crippen molar-refractivity contribution >= 4 is 16.9 Å². The zero-order valence-electron chi connectivity index (χ0n) is 12.9. The van der Waals surface area contributed by atoms with Gasteiger partial charge in [0.05, 0.1) is 12.1 Å². The SMILES string of the molecule is CC(C)c1ccc2c(ccc(=O)n2Cc2ccc(C(=O)O)o2)c1. The Hall–Kier alpha value is -2.82. The molecule has 3 aromatic rings. The molecule has 0 atom stereocenters. The summed E-state index contributed by atoms with van der Waals surface area (Å²) < 4.78 is 6.84. The smallest absolute Gasteiger partial charge is 0.371 e. The van der Waals surface area contributed by atoms with Crippen molar-refractivity contribution in [2.75, 3.05) is 0 Å². The lowest BCUT2D eigenvalue weighted by Gasteiger charge is -2.11. The van der Waals surface area contributed by atoms with E-state index in [2.05, 4.69) is 19.9 Å². The number of furan rings is 1. The van der Waals surface area contributed by atoms with E-state index in [1.807, 2.05) is 18.2 Å². The predicted molar refractivity (Wildman–Crippen MR) is 87.1 cm³/mol. The maximum atomic E-state index is 12.2. The van der Waals surface area contributed by atoms with Crippen LogP contribution in [0.15, 0.2) is 51.7 Å². The summed E-state index contributed by atoms with van der Waals surface area (Å²) >= 11 is 0. The van der Waals surface area contributed by atoms with Crippen LogP contribution in [0.2, 0.25) is 0 Å². The topological polar surface area (TPSA) is 72.4 Å². The number of carboxylic acid groups (broad SMARTS) is 1. The van der Waals surface area contributed by atoms with Crippen molar-refractivity contribution in [3.8, 4) is 0 Å². The maximum absolute atomic E-state index is 12.2. The molecule has 0 fully saturated rings. The standard InChI is InChI=1S/C18H17NO4/c1-11(2)12-3-6-15-13(9-12)4-8-17(20)19(15)10-14-5-7-16(23-14)18(21)22/h3-9,11H,10H2,1-2H3,(H,21,22). The molecule has 3 rings (SSSR count). The number of rotatable bonds is 4. The summed E-state index contributed by atoms with van der Waals surface area (Å²) in [6, 6.07) is 12.3. The molecular formula is C18H17NO4. The van der Waals surface area contributed by atoms with Gasteiger partial charge in [-0.1, -0.05) is 19.9 Å². The quantitative estimate of drug-likeness (QED) is 0.801. The largest absolute Gasteiger partial charge is 0.475 e. The van der Waals surface area contributed by atoms with E-state index in [0.717, 1.165) is 10.9 Å². The summed E-state index contributed by atoms with van der Waals surface area (Å²) in [5, 5.41) is 9.88. The molecule has 2 heterocycles. The van der Waals surface area contributed by atoms with E-state index in [-0.39, 0.29) is 17.9 Å². The third-order valence-electron chi connectivity index (χ3n) is 3.87. The van der Waals surface area contributed by atoms with Gasteiger partial charge in [-0.3, -0.25) is 4.79 Å². The molecule has 0 radical (unpaired) electrons. The van der Waals surface area contributed by atoms with Gasteiger partial charge in [-0.05, 0) is 47.2 Å². The second-order valence-corrected chi connectivity index (χ2v) is 5.80. The molecule has 1 aromatic carbocycles. The molecule has 0 saturated carbocycles. The number of aromatic carboxylic acids is 1. The number of benzene rings is 1. The summed E-state index contributed by atoms with van der Waals surface area (Å²) in [4.78, 5) is 23.1. The Kier molecular flexibility index (Phi) is 3.78. The van der Waals surface area contributed by atoms with Gasteiger partial charge < -0.3 is 14.1 Å². The number of hydrogen-bond acceptors (Lipinski definition) is 3. The highest BCUT2D eigenvalue weighted by atomic mass is 16.4. The van der Waals surface area contributed by atoms with Crippen molar-refractivity contribution in [1.82, 2.24) is 4.57 Å². The number of pyridine rings is 1. The van der Waals surface area contributed by atoms with Crippen LogP contribution in [-0.2, 0) is 6.54 Å². The van der Waals surface area contributed by atoms with E-state index in [4.69, 9.17) is 9.52 Å². The molecule has 0 spiro atoms. The van der Waals surface area contributed by atoms with E-state index >= 15 is 0 Å². The summed E-state index contributed by atoms with van der Waals surface area (Å²) in [5.74, 6) is -0.411. The molecule has 0 aliphatic carbocycles. The molecule has 0 bridgehead atoms. The van der Waals surface area contributed by atoms with Crippen molar-refractivity contribution in [2.45, 2.75) is 26.3 Å². The average molecular weight is 311 g/mol. The van der Waals surface area contributed by atoms with E-state index in [9.17, 15) is 9.59 Å². The molecule has 0 aliphatic rings. The highest BCUT2D eigenvalue weighted by molar-refractivity contribution is 5.84. The predicted octanol–water partition coefficient (Wildman–Crippen LogP) is 3.46. The molecule has 0 saturated heterocycles. The minimum Gasteiger partial charge on any atom is -0.475 e. The van der Waals surface area contributed by atoms with Gasteiger partial charge in [0.2, 0.25) is 5.76 Å². The van der Waals surface area contributed by atoms with Gasteiger partial charge in [-0.15, -0.1) is 0 Å². The third kappa shape index (κ3) is 2.90. The Morgan fingerprint density at radius 2 is 1.96 bits per heavy atom. The Morgan fingerprint density at radius 3 is 2.61 bits per heavy atom. The first-order valence-electron chi connectivity index (χ1n) is 7.41. The lowest BCUT2D eigenvalue weighted by Crippen LogP contribution is -2.19. The van der Waals surface area contributed by atoms with Gasteiger partial charge in [0, 0.05) is 6.07 Å². The number of carbonyl (C=O) groups is 1. The third-order valence-corrected chi connectivity index (χ3v) is 3.87. The molecule has 1 N–H and O–H groups in total. The number of hydrogen-bond donors (Lipinski definition) is 1. The van der Waals surface area contributed by atoms with Gasteiger partial charge in [-0.25, -0.2) is 4.79 Å². The summed E-state index contributed by atoms with van der Waals surface area (Å²) in [6.07, 6.45) is 0. The van der Waals surface area contributed by atoms with Crippen LogP contribution in [0.25, 0.3) is 10.9 Å². The van der Waals surface area contributed by atoms with Crippen LogP contribution in [0, 0.1) is 0 Å². The minimum absolute atomic E-state index is 0.129. The average Bonchev–Trinajstić information content (AvgIpc) is 2.98. The van der Waals surface area contributed by atoms with Gasteiger partial charge >= 0.3 is 5.97 Å². The van der Waals surface area contributed by atoms with Crippen molar-refractivity contribution in [3.63, 3.8) is 0 Å². The van der Waals surface area contributed by atoms with Gasteiger partial charge in [0.25, 0.3) is 5.56 Å². The lowest BCUT2D eigenvalue weighted by molar-refractivity contribution is 0.0660. The molecule has 0 aliphatic heterocycles. The number of aromatic nitrogens is 1. The maximum Gasteiger partial charge on any atom is 0.371 e. The Bertz CT molecular complexity index is 934. The fraction of sp³-hybridized carbons (Fsp3) is 0.222. The molecule has 0 amide bonds. The highest BCUT2D eigenvalue weighted by Crippen LogP contribution is 2.21. The lowest BCUT2D eigenvalue weighted by atomic mass is 10.0. The molecule has 2 aromatic heterocycles. The van der Waals surface area contributed by atoms with Crippen LogP contribution >= 0.6 is 0 Å². The fourth-order valence-electron chi connectivity index (χ4n) is 2.58. The minimum atomic E-state index is -1.12. The number of nitrogens with zero attached hydrogens (tertiary/aromatic N) is 1. The first kappa shape index (κ1) is 15.1. The van der Waals surface area contributed by atoms with Crippen LogP contribution in [0.1, 0.15) is 41.6 Å². The molecule has 118 valence electrons. The van der Waals surface area contributed by atoms with Crippen LogP contribution in [0.4, 0.5) is 0 Å². The molecular weight excluding hydrogens is 294 g/mol. The van der Waals surface area contributed by atoms with Crippen LogP contribution < -0.4 is 5.56 Å². The van der Waals surface area contributed by atoms with Crippen molar-refractivity contribution in [2.24, 2.45) is 0 Å².